The quantitative estimate of drug-likeness (QED) is 0.0261. The molecule has 0 N–H and O–H groups in total. The summed E-state index contributed by atoms with van der Waals surface area (Å²) in [5, 5.41) is 0. The Hall–Kier alpha value is -3.41. The molecule has 0 radical (unpaired) electrons. The Balaban J connectivity index is 4.28. The zero-order chi connectivity index (χ0) is 56.4. The SMILES string of the molecule is CC/C=C\C/C=C\C/C=C\C/C=C\C/C=C\C/C=C\CCCCCCCCCCCCC(=O)OCC(COC(=O)CCCCCCC/C=C\CCCCCCC)OC(=O)CCCCCCCCCCCCCCCCCCC. The van der Waals surface area contributed by atoms with Gasteiger partial charge in [-0.15, -0.1) is 0 Å². The van der Waals surface area contributed by atoms with Crippen molar-refractivity contribution in [3.8, 4) is 0 Å². The number of hydrogen-bond acceptors (Lipinski definition) is 6. The molecule has 78 heavy (non-hydrogen) atoms. The maximum Gasteiger partial charge on any atom is 0.306 e. The molecule has 0 aromatic carbocycles. The summed E-state index contributed by atoms with van der Waals surface area (Å²) in [6.07, 6.45) is 87.4. The van der Waals surface area contributed by atoms with Crippen molar-refractivity contribution in [3.05, 3.63) is 85.1 Å². The van der Waals surface area contributed by atoms with E-state index in [0.717, 1.165) is 103 Å². The normalized spacial score (nSPS) is 12.6. The van der Waals surface area contributed by atoms with Crippen molar-refractivity contribution in [1.29, 1.82) is 0 Å². The summed E-state index contributed by atoms with van der Waals surface area (Å²) in [5.41, 5.74) is 0. The van der Waals surface area contributed by atoms with Gasteiger partial charge < -0.3 is 14.2 Å². The highest BCUT2D eigenvalue weighted by atomic mass is 16.6. The average Bonchev–Trinajstić information content (AvgIpc) is 3.44. The van der Waals surface area contributed by atoms with Gasteiger partial charge in [0, 0.05) is 19.3 Å². The zero-order valence-electron chi connectivity index (χ0n) is 51.7. The van der Waals surface area contributed by atoms with Gasteiger partial charge in [-0.1, -0.05) is 305 Å². The van der Waals surface area contributed by atoms with Crippen molar-refractivity contribution in [1.82, 2.24) is 0 Å². The Morgan fingerprint density at radius 3 is 0.795 bits per heavy atom. The average molecular weight is 1090 g/mol. The van der Waals surface area contributed by atoms with Crippen LogP contribution in [0.3, 0.4) is 0 Å². The number of allylic oxidation sites excluding steroid dienone is 14. The second kappa shape index (κ2) is 66.1. The molecule has 0 amide bonds. The number of carbonyl (C=O) groups excluding carboxylic acids is 3. The van der Waals surface area contributed by atoms with Crippen LogP contribution in [0.25, 0.3) is 0 Å². The summed E-state index contributed by atoms with van der Waals surface area (Å²) in [4.78, 5) is 38.4. The van der Waals surface area contributed by atoms with E-state index in [4.69, 9.17) is 14.2 Å². The fraction of sp³-hybridized carbons (Fsp3) is 0.764. The number of unbranched alkanes of at least 4 members (excludes halogenated alkanes) is 36. The van der Waals surface area contributed by atoms with Crippen LogP contribution >= 0.6 is 0 Å². The molecule has 0 saturated carbocycles. The number of rotatable bonds is 61. The molecule has 1 unspecified atom stereocenters. The lowest BCUT2D eigenvalue weighted by Gasteiger charge is -2.18. The predicted octanol–water partition coefficient (Wildman–Crippen LogP) is 23.1. The van der Waals surface area contributed by atoms with Gasteiger partial charge >= 0.3 is 17.9 Å². The smallest absolute Gasteiger partial charge is 0.306 e. The minimum Gasteiger partial charge on any atom is -0.462 e. The Morgan fingerprint density at radius 2 is 0.500 bits per heavy atom. The third-order valence-electron chi connectivity index (χ3n) is 14.6. The number of hydrogen-bond donors (Lipinski definition) is 0. The van der Waals surface area contributed by atoms with E-state index in [1.165, 1.54) is 193 Å². The van der Waals surface area contributed by atoms with Gasteiger partial charge in [0.15, 0.2) is 6.10 Å². The van der Waals surface area contributed by atoms with Crippen LogP contribution in [0.2, 0.25) is 0 Å². The van der Waals surface area contributed by atoms with Crippen molar-refractivity contribution in [3.63, 3.8) is 0 Å². The first-order chi connectivity index (χ1) is 38.5. The molecule has 0 heterocycles. The molecule has 0 rings (SSSR count). The molecular weight excluding hydrogens is 961 g/mol. The molecule has 0 fully saturated rings. The molecule has 6 heteroatoms. The van der Waals surface area contributed by atoms with E-state index in [2.05, 4.69) is 106 Å². The lowest BCUT2D eigenvalue weighted by atomic mass is 10.0. The lowest BCUT2D eigenvalue weighted by molar-refractivity contribution is -0.167. The topological polar surface area (TPSA) is 78.9 Å². The molecule has 0 aromatic heterocycles. The predicted molar refractivity (Wildman–Crippen MR) is 339 cm³/mol. The van der Waals surface area contributed by atoms with Gasteiger partial charge in [-0.2, -0.15) is 0 Å². The molecule has 6 nitrogen and oxygen atoms in total. The molecule has 0 bridgehead atoms. The fourth-order valence-corrected chi connectivity index (χ4v) is 9.62. The Labute approximate surface area is 484 Å². The van der Waals surface area contributed by atoms with E-state index in [1.807, 2.05) is 0 Å². The van der Waals surface area contributed by atoms with Gasteiger partial charge in [0.1, 0.15) is 13.2 Å². The lowest BCUT2D eigenvalue weighted by Crippen LogP contribution is -2.30. The van der Waals surface area contributed by atoms with E-state index >= 15 is 0 Å². The van der Waals surface area contributed by atoms with E-state index in [9.17, 15) is 14.4 Å². The van der Waals surface area contributed by atoms with Gasteiger partial charge in [0.2, 0.25) is 0 Å². The van der Waals surface area contributed by atoms with Gasteiger partial charge in [-0.05, 0) is 96.3 Å². The molecule has 0 aliphatic carbocycles. The standard InChI is InChI=1S/C72H126O6/c1-4-7-10-13-16-19-22-25-28-30-31-32-33-34-35-36-37-38-39-40-41-43-44-47-50-53-56-59-62-65-71(74)77-68-69(67-76-70(73)64-61-58-55-52-49-46-27-24-21-18-15-12-9-6-3)78-72(75)66-63-60-57-54-51-48-45-42-29-26-23-20-17-14-11-8-5-2/h7,10,16,19,24-25,27-28,31-32,34-35,37-38,69H,4-6,8-9,11-15,17-18,20-23,26,29-30,33,36,39-68H2,1-3H3/b10-7-,19-16-,27-24-,28-25-,32-31-,35-34-,38-37-. The Morgan fingerprint density at radius 1 is 0.269 bits per heavy atom. The van der Waals surface area contributed by atoms with E-state index in [0.29, 0.717) is 19.3 Å². The van der Waals surface area contributed by atoms with Gasteiger partial charge in [-0.3, -0.25) is 14.4 Å². The molecule has 0 aliphatic heterocycles. The molecular formula is C72H126O6. The fourth-order valence-electron chi connectivity index (χ4n) is 9.62. The Bertz CT molecular complexity index is 1480. The first-order valence-corrected chi connectivity index (χ1v) is 33.6. The van der Waals surface area contributed by atoms with Crippen molar-refractivity contribution in [2.75, 3.05) is 13.2 Å². The first kappa shape index (κ1) is 74.6. The van der Waals surface area contributed by atoms with Crippen LogP contribution < -0.4 is 0 Å². The van der Waals surface area contributed by atoms with Crippen LogP contribution in [-0.4, -0.2) is 37.2 Å². The molecule has 0 aromatic rings. The summed E-state index contributed by atoms with van der Waals surface area (Å²) in [5.74, 6) is -0.873. The highest BCUT2D eigenvalue weighted by Gasteiger charge is 2.19. The van der Waals surface area contributed by atoms with Crippen molar-refractivity contribution in [2.45, 2.75) is 341 Å². The summed E-state index contributed by atoms with van der Waals surface area (Å²) < 4.78 is 16.9. The third-order valence-corrected chi connectivity index (χ3v) is 14.6. The van der Waals surface area contributed by atoms with E-state index in [-0.39, 0.29) is 31.1 Å². The summed E-state index contributed by atoms with van der Waals surface area (Å²) >= 11 is 0. The van der Waals surface area contributed by atoms with Gasteiger partial charge in [0.05, 0.1) is 0 Å². The van der Waals surface area contributed by atoms with E-state index in [1.54, 1.807) is 0 Å². The number of carbonyl (C=O) groups is 3. The monoisotopic (exact) mass is 1090 g/mol. The maximum absolute atomic E-state index is 12.9. The first-order valence-electron chi connectivity index (χ1n) is 33.6. The number of ether oxygens (including phenoxy) is 3. The molecule has 450 valence electrons. The molecule has 0 saturated heterocycles. The van der Waals surface area contributed by atoms with E-state index < -0.39 is 6.10 Å². The molecule has 1 atom stereocenters. The Kier molecular flexibility index (Phi) is 63.2. The summed E-state index contributed by atoms with van der Waals surface area (Å²) in [6.45, 7) is 6.55. The highest BCUT2D eigenvalue weighted by molar-refractivity contribution is 5.71. The highest BCUT2D eigenvalue weighted by Crippen LogP contribution is 2.17. The van der Waals surface area contributed by atoms with Crippen LogP contribution in [0.5, 0.6) is 0 Å². The van der Waals surface area contributed by atoms with Crippen LogP contribution in [0, 0.1) is 0 Å². The second-order valence-electron chi connectivity index (χ2n) is 22.4. The molecule has 0 spiro atoms. The van der Waals surface area contributed by atoms with Crippen LogP contribution in [0.15, 0.2) is 85.1 Å². The minimum atomic E-state index is -0.780. The summed E-state index contributed by atoms with van der Waals surface area (Å²) in [7, 11) is 0. The van der Waals surface area contributed by atoms with Crippen molar-refractivity contribution >= 4 is 17.9 Å². The van der Waals surface area contributed by atoms with Crippen LogP contribution in [0.4, 0.5) is 0 Å². The second-order valence-corrected chi connectivity index (χ2v) is 22.4. The summed E-state index contributed by atoms with van der Waals surface area (Å²) in [6, 6.07) is 0. The van der Waals surface area contributed by atoms with Crippen molar-refractivity contribution < 1.29 is 28.6 Å². The third kappa shape index (κ3) is 63.4. The van der Waals surface area contributed by atoms with Gasteiger partial charge in [-0.25, -0.2) is 0 Å². The largest absolute Gasteiger partial charge is 0.462 e. The zero-order valence-corrected chi connectivity index (χ0v) is 51.7. The van der Waals surface area contributed by atoms with Crippen LogP contribution in [-0.2, 0) is 28.6 Å². The maximum atomic E-state index is 12.9. The van der Waals surface area contributed by atoms with Crippen LogP contribution in [0.1, 0.15) is 335 Å². The van der Waals surface area contributed by atoms with Gasteiger partial charge in [0.25, 0.3) is 0 Å². The minimum absolute atomic E-state index is 0.0778. The van der Waals surface area contributed by atoms with Crippen molar-refractivity contribution in [2.24, 2.45) is 0 Å². The number of esters is 3. The molecule has 0 aliphatic rings.